The van der Waals surface area contributed by atoms with Crippen molar-refractivity contribution in [2.75, 3.05) is 0 Å². The van der Waals surface area contributed by atoms with Crippen LogP contribution in [0.4, 0.5) is 0 Å². The molecule has 0 spiro atoms. The first-order valence-electron chi connectivity index (χ1n) is 4.92. The van der Waals surface area contributed by atoms with Crippen LogP contribution in [-0.2, 0) is 0 Å². The predicted octanol–water partition coefficient (Wildman–Crippen LogP) is 2.80. The molecule has 0 fully saturated rings. The van der Waals surface area contributed by atoms with E-state index in [0.29, 0.717) is 3.70 Å². The number of hydrogen-bond acceptors (Lipinski definition) is 4. The number of aromatic nitrogens is 2. The Balaban J connectivity index is 2.50. The van der Waals surface area contributed by atoms with Crippen molar-refractivity contribution >= 4 is 44.4 Å². The monoisotopic (exact) mass is 338 g/mol. The molecule has 1 aromatic carbocycles. The van der Waals surface area contributed by atoms with Gasteiger partial charge in [0.25, 0.3) is 0 Å². The SMILES string of the molecule is Oc1cnc2c(ccc3cc(O)c(I)nc32)c1. The standard InChI is InChI=1S/C12H7IN2O2/c13-12-9(17)4-7-2-1-6-3-8(16)5-14-10(6)11(7)15-12/h1-5,16-17H. The molecule has 0 saturated heterocycles. The summed E-state index contributed by atoms with van der Waals surface area (Å²) in [4.78, 5) is 8.51. The summed E-state index contributed by atoms with van der Waals surface area (Å²) >= 11 is 1.97. The Labute approximate surface area is 110 Å². The maximum Gasteiger partial charge on any atom is 0.148 e. The highest BCUT2D eigenvalue weighted by Gasteiger charge is 2.07. The number of aromatic hydroxyl groups is 2. The van der Waals surface area contributed by atoms with Gasteiger partial charge in [0.15, 0.2) is 0 Å². The summed E-state index contributed by atoms with van der Waals surface area (Å²) in [5.74, 6) is 0.293. The summed E-state index contributed by atoms with van der Waals surface area (Å²) in [6, 6.07) is 7.00. The lowest BCUT2D eigenvalue weighted by atomic mass is 10.1. The van der Waals surface area contributed by atoms with Gasteiger partial charge in [0, 0.05) is 10.8 Å². The van der Waals surface area contributed by atoms with Crippen LogP contribution in [0, 0.1) is 3.70 Å². The van der Waals surface area contributed by atoms with E-state index in [-0.39, 0.29) is 11.5 Å². The summed E-state index contributed by atoms with van der Waals surface area (Å²) in [5, 5.41) is 20.6. The van der Waals surface area contributed by atoms with Gasteiger partial charge in [-0.05, 0) is 34.7 Å². The Bertz CT molecular complexity index is 743. The molecule has 0 radical (unpaired) electrons. The molecular weight excluding hydrogens is 331 g/mol. The van der Waals surface area contributed by atoms with Crippen LogP contribution in [0.15, 0.2) is 30.5 Å². The number of halogens is 1. The van der Waals surface area contributed by atoms with E-state index in [1.54, 1.807) is 12.1 Å². The van der Waals surface area contributed by atoms with Gasteiger partial charge in [-0.1, -0.05) is 12.1 Å². The smallest absolute Gasteiger partial charge is 0.148 e. The highest BCUT2D eigenvalue weighted by molar-refractivity contribution is 14.1. The van der Waals surface area contributed by atoms with Gasteiger partial charge in [0.2, 0.25) is 0 Å². The maximum absolute atomic E-state index is 9.60. The average Bonchev–Trinajstić information content (AvgIpc) is 2.30. The number of fused-ring (bicyclic) bond motifs is 3. The zero-order valence-electron chi connectivity index (χ0n) is 8.55. The predicted molar refractivity (Wildman–Crippen MR) is 73.1 cm³/mol. The molecule has 2 N–H and O–H groups in total. The second-order valence-corrected chi connectivity index (χ2v) is 4.72. The third-order valence-electron chi connectivity index (χ3n) is 2.56. The number of pyridine rings is 2. The molecule has 3 rings (SSSR count). The van der Waals surface area contributed by atoms with Crippen LogP contribution in [-0.4, -0.2) is 20.2 Å². The first kappa shape index (κ1) is 10.5. The van der Waals surface area contributed by atoms with E-state index in [1.165, 1.54) is 6.20 Å². The van der Waals surface area contributed by atoms with Crippen LogP contribution in [0.1, 0.15) is 0 Å². The zero-order valence-corrected chi connectivity index (χ0v) is 10.7. The highest BCUT2D eigenvalue weighted by atomic mass is 127. The minimum Gasteiger partial charge on any atom is -0.506 e. The van der Waals surface area contributed by atoms with Crippen molar-refractivity contribution in [1.82, 2.24) is 9.97 Å². The van der Waals surface area contributed by atoms with Gasteiger partial charge in [-0.25, -0.2) is 4.98 Å². The maximum atomic E-state index is 9.60. The molecule has 17 heavy (non-hydrogen) atoms. The van der Waals surface area contributed by atoms with Gasteiger partial charge in [0.1, 0.15) is 15.2 Å². The van der Waals surface area contributed by atoms with Crippen molar-refractivity contribution in [3.8, 4) is 11.5 Å². The fraction of sp³-hybridized carbons (Fsp3) is 0. The molecule has 0 aliphatic carbocycles. The molecule has 3 aromatic rings. The Morgan fingerprint density at radius 2 is 1.71 bits per heavy atom. The van der Waals surface area contributed by atoms with Crippen molar-refractivity contribution in [2.45, 2.75) is 0 Å². The van der Waals surface area contributed by atoms with Crippen LogP contribution in [0.25, 0.3) is 21.8 Å². The van der Waals surface area contributed by atoms with E-state index in [1.807, 2.05) is 34.7 Å². The molecule has 0 amide bonds. The molecule has 0 saturated carbocycles. The summed E-state index contributed by atoms with van der Waals surface area (Å²) in [6.45, 7) is 0. The van der Waals surface area contributed by atoms with Crippen molar-refractivity contribution in [1.29, 1.82) is 0 Å². The number of hydrogen-bond donors (Lipinski definition) is 2. The van der Waals surface area contributed by atoms with Crippen molar-refractivity contribution in [3.05, 3.63) is 34.2 Å². The highest BCUT2D eigenvalue weighted by Crippen LogP contribution is 2.28. The first-order chi connectivity index (χ1) is 8.15. The molecule has 0 aliphatic heterocycles. The Kier molecular flexibility index (Phi) is 2.29. The quantitative estimate of drug-likeness (QED) is 0.376. The van der Waals surface area contributed by atoms with Crippen LogP contribution >= 0.6 is 22.6 Å². The largest absolute Gasteiger partial charge is 0.506 e. The molecular formula is C12H7IN2O2. The van der Waals surface area contributed by atoms with Crippen molar-refractivity contribution in [3.63, 3.8) is 0 Å². The Morgan fingerprint density at radius 3 is 2.47 bits per heavy atom. The van der Waals surface area contributed by atoms with Crippen LogP contribution in [0.3, 0.4) is 0 Å². The van der Waals surface area contributed by atoms with E-state index < -0.39 is 0 Å². The fourth-order valence-corrected chi connectivity index (χ4v) is 2.18. The minimum absolute atomic E-state index is 0.130. The lowest BCUT2D eigenvalue weighted by molar-refractivity contribution is 0.469. The molecule has 0 atom stereocenters. The van der Waals surface area contributed by atoms with E-state index in [0.717, 1.165) is 21.8 Å². The number of benzene rings is 1. The molecule has 0 unspecified atom stereocenters. The number of nitrogens with zero attached hydrogens (tertiary/aromatic N) is 2. The van der Waals surface area contributed by atoms with Gasteiger partial charge in [-0.15, -0.1) is 0 Å². The summed E-state index contributed by atoms with van der Waals surface area (Å²) in [7, 11) is 0. The molecule has 0 aliphatic rings. The lowest BCUT2D eigenvalue weighted by Gasteiger charge is -2.04. The Hall–Kier alpha value is -1.63. The molecule has 4 nitrogen and oxygen atoms in total. The van der Waals surface area contributed by atoms with E-state index in [9.17, 15) is 10.2 Å². The second kappa shape index (κ2) is 3.69. The van der Waals surface area contributed by atoms with Gasteiger partial charge < -0.3 is 10.2 Å². The molecule has 2 heterocycles. The number of rotatable bonds is 0. The van der Waals surface area contributed by atoms with Crippen LogP contribution < -0.4 is 0 Å². The minimum atomic E-state index is 0.130. The second-order valence-electron chi connectivity index (χ2n) is 3.70. The normalized spacial score (nSPS) is 11.1. The van der Waals surface area contributed by atoms with Crippen molar-refractivity contribution in [2.24, 2.45) is 0 Å². The zero-order chi connectivity index (χ0) is 12.0. The average molecular weight is 338 g/mol. The van der Waals surface area contributed by atoms with Gasteiger partial charge in [-0.3, -0.25) is 4.98 Å². The van der Waals surface area contributed by atoms with Gasteiger partial charge in [-0.2, -0.15) is 0 Å². The first-order valence-corrected chi connectivity index (χ1v) is 6.00. The van der Waals surface area contributed by atoms with E-state index in [2.05, 4.69) is 9.97 Å². The molecule has 2 aromatic heterocycles. The third-order valence-corrected chi connectivity index (χ3v) is 3.35. The van der Waals surface area contributed by atoms with Crippen molar-refractivity contribution < 1.29 is 10.2 Å². The summed E-state index contributed by atoms with van der Waals surface area (Å²) in [6.07, 6.45) is 1.39. The van der Waals surface area contributed by atoms with E-state index >= 15 is 0 Å². The summed E-state index contributed by atoms with van der Waals surface area (Å²) < 4.78 is 0.539. The Morgan fingerprint density at radius 1 is 1.00 bits per heavy atom. The van der Waals surface area contributed by atoms with E-state index in [4.69, 9.17) is 0 Å². The van der Waals surface area contributed by atoms with Crippen LogP contribution in [0.5, 0.6) is 11.5 Å². The third kappa shape index (κ3) is 1.66. The summed E-state index contributed by atoms with van der Waals surface area (Å²) in [5.41, 5.74) is 1.45. The fourth-order valence-electron chi connectivity index (χ4n) is 1.79. The molecule has 5 heteroatoms. The lowest BCUT2D eigenvalue weighted by Crippen LogP contribution is -1.88. The van der Waals surface area contributed by atoms with Gasteiger partial charge >= 0.3 is 0 Å². The van der Waals surface area contributed by atoms with Crippen LogP contribution in [0.2, 0.25) is 0 Å². The topological polar surface area (TPSA) is 66.2 Å². The van der Waals surface area contributed by atoms with Gasteiger partial charge in [0.05, 0.1) is 17.2 Å². The molecule has 0 bridgehead atoms. The molecule has 84 valence electrons.